The molecule has 138 valence electrons. The van der Waals surface area contributed by atoms with E-state index in [-0.39, 0.29) is 17.7 Å². The van der Waals surface area contributed by atoms with E-state index in [2.05, 4.69) is 5.10 Å². The van der Waals surface area contributed by atoms with Gasteiger partial charge in [0.1, 0.15) is 11.4 Å². The zero-order valence-corrected chi connectivity index (χ0v) is 15.2. The lowest BCUT2D eigenvalue weighted by molar-refractivity contribution is -0.00371. The molecule has 2 aliphatic heterocycles. The van der Waals surface area contributed by atoms with Crippen LogP contribution in [0.4, 0.5) is 15.4 Å². The Hall–Kier alpha value is -2.25. The van der Waals surface area contributed by atoms with Crippen molar-refractivity contribution in [1.29, 1.82) is 0 Å². The number of piperidine rings is 1. The number of aromatic nitrogens is 2. The van der Waals surface area contributed by atoms with Crippen LogP contribution in [0.15, 0.2) is 12.3 Å². The highest BCUT2D eigenvalue weighted by atomic mass is 16.6. The van der Waals surface area contributed by atoms with Crippen LogP contribution in [0.5, 0.6) is 0 Å². The summed E-state index contributed by atoms with van der Waals surface area (Å²) in [4.78, 5) is 28.7. The van der Waals surface area contributed by atoms with E-state index in [0.29, 0.717) is 18.9 Å². The largest absolute Gasteiger partial charge is 0.444 e. The summed E-state index contributed by atoms with van der Waals surface area (Å²) >= 11 is 0. The van der Waals surface area contributed by atoms with Gasteiger partial charge >= 0.3 is 12.1 Å². The minimum absolute atomic E-state index is 0.173. The number of rotatable bonds is 0. The third kappa shape index (κ3) is 3.57. The average Bonchev–Trinajstić information content (AvgIpc) is 3.13. The van der Waals surface area contributed by atoms with Crippen molar-refractivity contribution in [1.82, 2.24) is 19.6 Å². The predicted octanol–water partition coefficient (Wildman–Crippen LogP) is 2.30. The highest BCUT2D eigenvalue weighted by molar-refractivity contribution is 5.76. The molecule has 2 fully saturated rings. The van der Waals surface area contributed by atoms with E-state index in [1.807, 2.05) is 25.7 Å². The molecule has 0 aliphatic carbocycles. The first-order valence-corrected chi connectivity index (χ1v) is 8.81. The van der Waals surface area contributed by atoms with E-state index in [1.165, 1.54) is 4.68 Å². The molecule has 8 nitrogen and oxygen atoms in total. The molecular weight excluding hydrogens is 322 g/mol. The summed E-state index contributed by atoms with van der Waals surface area (Å²) < 4.78 is 6.85. The molecule has 0 unspecified atom stereocenters. The minimum atomic E-state index is -0.502. The molecule has 2 saturated heterocycles. The van der Waals surface area contributed by atoms with Crippen LogP contribution in [0.25, 0.3) is 0 Å². The third-order valence-corrected chi connectivity index (χ3v) is 4.98. The van der Waals surface area contributed by atoms with Gasteiger partial charge in [-0.3, -0.25) is 0 Å². The van der Waals surface area contributed by atoms with E-state index < -0.39 is 5.60 Å². The number of nitrogens with two attached hydrogens (primary N) is 1. The highest BCUT2D eigenvalue weighted by Gasteiger charge is 2.47. The maximum atomic E-state index is 12.6. The van der Waals surface area contributed by atoms with Gasteiger partial charge in [0.15, 0.2) is 0 Å². The highest BCUT2D eigenvalue weighted by Crippen LogP contribution is 2.39. The molecule has 0 radical (unpaired) electrons. The summed E-state index contributed by atoms with van der Waals surface area (Å²) in [5.74, 6) is 0.328. The number of hydrogen-bond acceptors (Lipinski definition) is 5. The van der Waals surface area contributed by atoms with E-state index in [9.17, 15) is 9.59 Å². The molecular formula is C17H27N5O3. The molecule has 25 heavy (non-hydrogen) atoms. The van der Waals surface area contributed by atoms with Gasteiger partial charge in [-0.15, -0.1) is 5.10 Å². The van der Waals surface area contributed by atoms with Gasteiger partial charge in [-0.2, -0.15) is 4.68 Å². The van der Waals surface area contributed by atoms with Crippen molar-refractivity contribution < 1.29 is 14.3 Å². The Morgan fingerprint density at radius 2 is 1.88 bits per heavy atom. The Morgan fingerprint density at radius 3 is 2.44 bits per heavy atom. The van der Waals surface area contributed by atoms with Crippen LogP contribution in [0.2, 0.25) is 0 Å². The summed E-state index contributed by atoms with van der Waals surface area (Å²) in [5.41, 5.74) is 4.89. The van der Waals surface area contributed by atoms with Gasteiger partial charge in [0.25, 0.3) is 0 Å². The molecule has 3 rings (SSSR count). The first-order valence-electron chi connectivity index (χ1n) is 8.81. The van der Waals surface area contributed by atoms with Crippen LogP contribution in [0, 0.1) is 0 Å². The summed E-state index contributed by atoms with van der Waals surface area (Å²) in [6.45, 7) is 7.55. The lowest BCUT2D eigenvalue weighted by Crippen LogP contribution is -2.56. The lowest BCUT2D eigenvalue weighted by Gasteiger charge is -2.44. The summed E-state index contributed by atoms with van der Waals surface area (Å²) in [5, 5.41) is 3.98. The van der Waals surface area contributed by atoms with Gasteiger partial charge in [0, 0.05) is 37.4 Å². The topological polar surface area (TPSA) is 93.7 Å². The molecule has 0 aromatic carbocycles. The Kier molecular flexibility index (Phi) is 4.38. The maximum absolute atomic E-state index is 12.6. The van der Waals surface area contributed by atoms with Crippen molar-refractivity contribution in [3.05, 3.63) is 12.3 Å². The summed E-state index contributed by atoms with van der Waals surface area (Å²) in [6.07, 6.45) is 4.78. The number of likely N-dealkylation sites (tertiary alicyclic amines) is 2. The fourth-order valence-electron chi connectivity index (χ4n) is 3.76. The molecule has 0 bridgehead atoms. The monoisotopic (exact) mass is 349 g/mol. The Morgan fingerprint density at radius 1 is 1.20 bits per heavy atom. The van der Waals surface area contributed by atoms with Gasteiger partial charge in [-0.05, 0) is 46.5 Å². The van der Waals surface area contributed by atoms with Crippen molar-refractivity contribution in [3.63, 3.8) is 0 Å². The fourth-order valence-corrected chi connectivity index (χ4v) is 3.76. The van der Waals surface area contributed by atoms with Crippen molar-refractivity contribution >= 4 is 17.9 Å². The van der Waals surface area contributed by atoms with Crippen molar-refractivity contribution in [2.24, 2.45) is 0 Å². The SMILES string of the molecule is CC(C)(C)OC(=O)N1CCCC12CCN(C(=O)n1ccc(N)n1)CC2. The summed E-state index contributed by atoms with van der Waals surface area (Å²) in [6, 6.07) is 1.43. The molecule has 2 amide bonds. The van der Waals surface area contributed by atoms with Crippen molar-refractivity contribution in [2.75, 3.05) is 25.4 Å². The number of anilines is 1. The number of nitrogens with zero attached hydrogens (tertiary/aromatic N) is 4. The van der Waals surface area contributed by atoms with Gasteiger partial charge < -0.3 is 20.3 Å². The number of hydrogen-bond donors (Lipinski definition) is 1. The van der Waals surface area contributed by atoms with E-state index >= 15 is 0 Å². The van der Waals surface area contributed by atoms with Gasteiger partial charge in [0.05, 0.1) is 0 Å². The van der Waals surface area contributed by atoms with Gasteiger partial charge in [-0.25, -0.2) is 9.59 Å². The quantitative estimate of drug-likeness (QED) is 0.775. The Balaban J connectivity index is 1.65. The maximum Gasteiger partial charge on any atom is 0.410 e. The molecule has 8 heteroatoms. The van der Waals surface area contributed by atoms with E-state index in [0.717, 1.165) is 32.2 Å². The first kappa shape index (κ1) is 17.6. The molecule has 0 saturated carbocycles. The summed E-state index contributed by atoms with van der Waals surface area (Å²) in [7, 11) is 0. The predicted molar refractivity (Wildman–Crippen MR) is 93.1 cm³/mol. The average molecular weight is 349 g/mol. The van der Waals surface area contributed by atoms with Crippen LogP contribution in [0.3, 0.4) is 0 Å². The Bertz CT molecular complexity index is 655. The molecule has 0 atom stereocenters. The van der Waals surface area contributed by atoms with Crippen LogP contribution in [-0.4, -0.2) is 62.5 Å². The lowest BCUT2D eigenvalue weighted by atomic mass is 9.85. The number of carbonyl (C=O) groups is 2. The normalized spacial score (nSPS) is 20.1. The molecule has 2 aliphatic rings. The van der Waals surface area contributed by atoms with E-state index in [1.54, 1.807) is 17.2 Å². The van der Waals surface area contributed by atoms with Crippen molar-refractivity contribution in [2.45, 2.75) is 57.6 Å². The van der Waals surface area contributed by atoms with Crippen LogP contribution in [-0.2, 0) is 4.74 Å². The second-order valence-corrected chi connectivity index (χ2v) is 7.91. The molecule has 1 aromatic heterocycles. The second-order valence-electron chi connectivity index (χ2n) is 7.91. The minimum Gasteiger partial charge on any atom is -0.444 e. The molecule has 3 heterocycles. The molecule has 1 aromatic rings. The number of carbonyl (C=O) groups excluding carboxylic acids is 2. The zero-order valence-electron chi connectivity index (χ0n) is 15.2. The molecule has 1 spiro atoms. The standard InChI is InChI=1S/C17H27N5O3/c1-16(2,3)25-15(24)21-9-4-6-17(21)7-11-20(12-8-17)14(23)22-10-5-13(18)19-22/h5,10H,4,6-9,11-12H2,1-3H3,(H2,18,19). The van der Waals surface area contributed by atoms with Crippen LogP contribution < -0.4 is 5.73 Å². The fraction of sp³-hybridized carbons (Fsp3) is 0.706. The van der Waals surface area contributed by atoms with Crippen LogP contribution >= 0.6 is 0 Å². The number of nitrogen functional groups attached to an aromatic ring is 1. The smallest absolute Gasteiger partial charge is 0.410 e. The van der Waals surface area contributed by atoms with Gasteiger partial charge in [0.2, 0.25) is 0 Å². The zero-order chi connectivity index (χ0) is 18.2. The van der Waals surface area contributed by atoms with Crippen molar-refractivity contribution in [3.8, 4) is 0 Å². The number of amides is 2. The van der Waals surface area contributed by atoms with Crippen LogP contribution in [0.1, 0.15) is 46.5 Å². The van der Waals surface area contributed by atoms with E-state index in [4.69, 9.17) is 10.5 Å². The van der Waals surface area contributed by atoms with Gasteiger partial charge in [-0.1, -0.05) is 0 Å². The third-order valence-electron chi connectivity index (χ3n) is 4.98. The first-order chi connectivity index (χ1) is 11.7. The second kappa shape index (κ2) is 6.24. The number of ether oxygens (including phenoxy) is 1. The Labute approximate surface area is 147 Å². The molecule has 2 N–H and O–H groups in total.